The molecule has 1 aromatic heterocycles. The molecule has 2 saturated heterocycles. The highest BCUT2D eigenvalue weighted by Crippen LogP contribution is 2.38. The summed E-state index contributed by atoms with van der Waals surface area (Å²) >= 11 is 0. The van der Waals surface area contributed by atoms with E-state index in [2.05, 4.69) is 4.98 Å². The fraction of sp³-hybridized carbons (Fsp3) is 0.636. The van der Waals surface area contributed by atoms with E-state index in [-0.39, 0.29) is 18.1 Å². The molecule has 0 bridgehead atoms. The summed E-state index contributed by atoms with van der Waals surface area (Å²) in [4.78, 5) is 18.3. The summed E-state index contributed by atoms with van der Waals surface area (Å²) in [6.07, 6.45) is -0.950. The third-order valence-electron chi connectivity index (χ3n) is 6.83. The first-order valence-corrected chi connectivity index (χ1v) is 11.0. The zero-order chi connectivity index (χ0) is 23.6. The van der Waals surface area contributed by atoms with E-state index in [9.17, 15) is 9.90 Å². The first-order valence-electron chi connectivity index (χ1n) is 11.0. The molecule has 2 atom stereocenters. The Morgan fingerprint density at radius 3 is 2.47 bits per heavy atom. The normalized spacial score (nSPS) is 24.7. The van der Waals surface area contributed by atoms with E-state index in [1.54, 1.807) is 0 Å². The lowest BCUT2D eigenvalue weighted by Crippen LogP contribution is -2.41. The van der Waals surface area contributed by atoms with Crippen molar-refractivity contribution in [3.05, 3.63) is 23.8 Å². The summed E-state index contributed by atoms with van der Waals surface area (Å²) in [5.74, 6) is 0.0259. The number of hydrogen-bond donors (Lipinski definition) is 1. The molecule has 1 amide bonds. The fourth-order valence-electron chi connectivity index (χ4n) is 4.46. The lowest BCUT2D eigenvalue weighted by atomic mass is 9.79. The van der Waals surface area contributed by atoms with Gasteiger partial charge in [0.2, 0.25) is 0 Å². The summed E-state index contributed by atoms with van der Waals surface area (Å²) in [7, 11) is 0.587. The Morgan fingerprint density at radius 2 is 1.91 bits per heavy atom. The van der Waals surface area contributed by atoms with Crippen molar-refractivity contribution in [1.29, 1.82) is 0 Å². The van der Waals surface area contributed by atoms with Gasteiger partial charge in [-0.2, -0.15) is 0 Å². The van der Waals surface area contributed by atoms with Crippen LogP contribution < -0.4 is 5.46 Å². The molecule has 2 fully saturated rings. The van der Waals surface area contributed by atoms with Crippen LogP contribution in [-0.4, -0.2) is 63.7 Å². The predicted octanol–water partition coefficient (Wildman–Crippen LogP) is 2.93. The number of benzene rings is 1. The van der Waals surface area contributed by atoms with E-state index >= 15 is 4.39 Å². The van der Waals surface area contributed by atoms with E-state index in [0.29, 0.717) is 23.2 Å². The summed E-state index contributed by atoms with van der Waals surface area (Å²) in [5, 5.41) is 10.2. The topological polar surface area (TPSA) is 86.1 Å². The average molecular weight is 447 g/mol. The van der Waals surface area contributed by atoms with Gasteiger partial charge in [0.15, 0.2) is 5.82 Å². The summed E-state index contributed by atoms with van der Waals surface area (Å²) in [6.45, 7) is 11.9. The van der Waals surface area contributed by atoms with Crippen molar-refractivity contribution in [2.75, 3.05) is 13.7 Å². The molecule has 0 spiro atoms. The molecule has 10 heteroatoms. The van der Waals surface area contributed by atoms with Gasteiger partial charge in [0.1, 0.15) is 11.3 Å². The molecule has 32 heavy (non-hydrogen) atoms. The number of likely N-dealkylation sites (tertiary alicyclic amines) is 1. The van der Waals surface area contributed by atoms with Crippen LogP contribution in [0.25, 0.3) is 11.0 Å². The summed E-state index contributed by atoms with van der Waals surface area (Å²) < 4.78 is 34.3. The van der Waals surface area contributed by atoms with Gasteiger partial charge in [0.25, 0.3) is 0 Å². The zero-order valence-corrected chi connectivity index (χ0v) is 19.7. The molecule has 0 aliphatic carbocycles. The van der Waals surface area contributed by atoms with Crippen molar-refractivity contribution in [2.45, 2.75) is 77.4 Å². The first-order chi connectivity index (χ1) is 14.9. The monoisotopic (exact) mass is 447 g/mol. The van der Waals surface area contributed by atoms with Crippen LogP contribution in [0.4, 0.5) is 9.18 Å². The van der Waals surface area contributed by atoms with Gasteiger partial charge in [-0.3, -0.25) is 4.90 Å². The largest absolute Gasteiger partial charge is 0.495 e. The molecule has 1 N–H and O–H groups in total. The van der Waals surface area contributed by atoms with Gasteiger partial charge < -0.3 is 23.7 Å². The number of methoxy groups -OCH3 is 1. The van der Waals surface area contributed by atoms with Crippen LogP contribution in [0.5, 0.6) is 0 Å². The lowest BCUT2D eigenvalue weighted by molar-refractivity contribution is 0.00578. The summed E-state index contributed by atoms with van der Waals surface area (Å²) in [5.41, 5.74) is 0.269. The van der Waals surface area contributed by atoms with Gasteiger partial charge in [-0.15, -0.1) is 0 Å². The van der Waals surface area contributed by atoms with Crippen LogP contribution in [-0.2, 0) is 14.0 Å². The molecule has 0 radical (unpaired) electrons. The van der Waals surface area contributed by atoms with Crippen molar-refractivity contribution in [1.82, 2.24) is 14.5 Å². The number of amides is 1. The number of aliphatic hydroxyl groups excluding tert-OH is 1. The van der Waals surface area contributed by atoms with Gasteiger partial charge in [-0.1, -0.05) is 0 Å². The van der Waals surface area contributed by atoms with E-state index in [0.717, 1.165) is 0 Å². The zero-order valence-electron chi connectivity index (χ0n) is 19.7. The predicted molar refractivity (Wildman–Crippen MR) is 118 cm³/mol. The minimum Gasteiger partial charge on any atom is -0.453 e. The smallest absolute Gasteiger partial charge is 0.453 e. The number of aliphatic hydroxyl groups is 1. The molecule has 2 aromatic rings. The molecule has 3 heterocycles. The van der Waals surface area contributed by atoms with Crippen molar-refractivity contribution in [2.24, 2.45) is 0 Å². The first kappa shape index (κ1) is 23.0. The Kier molecular flexibility index (Phi) is 5.54. The number of β-amino-alcohol motifs (C(OH)–C–C–N with tert-alkyl or cyclic N) is 1. The van der Waals surface area contributed by atoms with Crippen LogP contribution in [0, 0.1) is 5.82 Å². The second-order valence-corrected chi connectivity index (χ2v) is 9.92. The van der Waals surface area contributed by atoms with Crippen LogP contribution in [0.2, 0.25) is 0 Å². The minimum absolute atomic E-state index is 0.0693. The number of aromatic nitrogens is 2. The Balaban J connectivity index is 1.83. The Hall–Kier alpha value is -2.17. The highest BCUT2D eigenvalue weighted by atomic mass is 19.1. The number of carbonyl (C=O) groups excluding carboxylic acids is 1. The van der Waals surface area contributed by atoms with Gasteiger partial charge in [-0.05, 0) is 59.1 Å². The van der Waals surface area contributed by atoms with Crippen LogP contribution >= 0.6 is 0 Å². The van der Waals surface area contributed by atoms with Gasteiger partial charge in [0.05, 0.1) is 42.5 Å². The molecular weight excluding hydrogens is 416 g/mol. The van der Waals surface area contributed by atoms with Crippen LogP contribution in [0.1, 0.15) is 65.9 Å². The third-order valence-corrected chi connectivity index (χ3v) is 6.83. The average Bonchev–Trinajstić information content (AvgIpc) is 3.32. The number of carbonyl (C=O) groups is 1. The number of ether oxygens (including phenoxy) is 1. The number of halogens is 1. The van der Waals surface area contributed by atoms with E-state index < -0.39 is 42.4 Å². The molecule has 8 nitrogen and oxygen atoms in total. The maximum absolute atomic E-state index is 15.3. The number of fused-ring (bicyclic) bond motifs is 1. The van der Waals surface area contributed by atoms with Crippen LogP contribution in [0.15, 0.2) is 12.1 Å². The standard InChI is InChI=1S/C22H31BFN3O5/c1-12(2)27-16-9-13(23-31-21(3,4)22(5,6)32-23)8-15(24)18(16)25-19(27)17-10-14(28)11-26(17)20(29)30-7/h8-9,12,14,17,28H,10-11H2,1-7H3/t14-,17-/m0/s1. The molecule has 2 aliphatic heterocycles. The Bertz CT molecular complexity index is 1040. The maximum Gasteiger partial charge on any atom is 0.495 e. The SMILES string of the molecule is COC(=O)N1C[C@@H](O)C[C@H]1c1nc2c(F)cc(B3OC(C)(C)C(C)(C)O3)cc2n1C(C)C. The fourth-order valence-corrected chi connectivity index (χ4v) is 4.46. The van der Waals surface area contributed by atoms with E-state index in [4.69, 9.17) is 14.0 Å². The third kappa shape index (κ3) is 3.58. The molecule has 174 valence electrons. The number of rotatable bonds is 3. The lowest BCUT2D eigenvalue weighted by Gasteiger charge is -2.32. The minimum atomic E-state index is -0.710. The van der Waals surface area contributed by atoms with Crippen LogP contribution in [0.3, 0.4) is 0 Å². The second kappa shape index (κ2) is 7.71. The number of hydrogen-bond acceptors (Lipinski definition) is 6. The van der Waals surface area contributed by atoms with Gasteiger partial charge in [-0.25, -0.2) is 14.2 Å². The molecule has 0 unspecified atom stereocenters. The van der Waals surface area contributed by atoms with Gasteiger partial charge in [0, 0.05) is 12.5 Å². The second-order valence-electron chi connectivity index (χ2n) is 9.92. The number of nitrogens with zero attached hydrogens (tertiary/aromatic N) is 3. The molecule has 0 saturated carbocycles. The maximum atomic E-state index is 15.3. The summed E-state index contributed by atoms with van der Waals surface area (Å²) in [6, 6.07) is 2.64. The molecule has 1 aromatic carbocycles. The van der Waals surface area contributed by atoms with Gasteiger partial charge >= 0.3 is 13.2 Å². The Morgan fingerprint density at radius 1 is 1.28 bits per heavy atom. The van der Waals surface area contributed by atoms with E-state index in [1.165, 1.54) is 18.1 Å². The van der Waals surface area contributed by atoms with Crippen molar-refractivity contribution < 1.29 is 28.3 Å². The Labute approximate surface area is 187 Å². The van der Waals surface area contributed by atoms with Crippen molar-refractivity contribution in [3.63, 3.8) is 0 Å². The number of imidazole rings is 1. The highest BCUT2D eigenvalue weighted by Gasteiger charge is 2.52. The van der Waals surface area contributed by atoms with Crippen molar-refractivity contribution >= 4 is 29.7 Å². The molecule has 4 rings (SSSR count). The quantitative estimate of drug-likeness (QED) is 0.729. The van der Waals surface area contributed by atoms with Crippen molar-refractivity contribution in [3.8, 4) is 0 Å². The highest BCUT2D eigenvalue weighted by molar-refractivity contribution is 6.62. The van der Waals surface area contributed by atoms with E-state index in [1.807, 2.05) is 52.2 Å². The molecule has 2 aliphatic rings. The molecular formula is C22H31BFN3O5.